The van der Waals surface area contributed by atoms with E-state index in [1.165, 1.54) is 6.92 Å². The van der Waals surface area contributed by atoms with Gasteiger partial charge in [-0.3, -0.25) is 14.4 Å². The van der Waals surface area contributed by atoms with Crippen LogP contribution in [0.2, 0.25) is 0 Å². The predicted molar refractivity (Wildman–Crippen MR) is 90.6 cm³/mol. The van der Waals surface area contributed by atoms with Crippen LogP contribution in [0.4, 0.5) is 5.69 Å². The summed E-state index contributed by atoms with van der Waals surface area (Å²) in [5, 5.41) is 32.1. The second-order valence-electron chi connectivity index (χ2n) is 5.73. The number of carboxylic acids is 1. The van der Waals surface area contributed by atoms with Crippen molar-refractivity contribution in [3.05, 3.63) is 29.3 Å². The number of carbonyl (C=O) groups excluding carboxylic acids is 2. The molecule has 0 aliphatic heterocycles. The Morgan fingerprint density at radius 2 is 1.56 bits per heavy atom. The summed E-state index contributed by atoms with van der Waals surface area (Å²) in [6.45, 7) is 1.09. The lowest BCUT2D eigenvalue weighted by molar-refractivity contribution is -0.137. The number of anilines is 1. The number of hydrogen-bond acceptors (Lipinski definition) is 5. The molecule has 1 atom stereocenters. The monoisotopic (exact) mass is 352 g/mol. The average Bonchev–Trinajstić information content (AvgIpc) is 2.57. The summed E-state index contributed by atoms with van der Waals surface area (Å²) in [5.74, 6) is -1.66. The highest BCUT2D eigenvalue weighted by Gasteiger charge is 2.16. The highest BCUT2D eigenvalue weighted by atomic mass is 16.4. The number of benzene rings is 1. The van der Waals surface area contributed by atoms with Gasteiger partial charge in [-0.05, 0) is 43.0 Å². The molecule has 0 aliphatic carbocycles. The Morgan fingerprint density at radius 1 is 1.00 bits per heavy atom. The molecule has 0 fully saturated rings. The summed E-state index contributed by atoms with van der Waals surface area (Å²) >= 11 is 0. The number of hydrogen-bond donors (Lipinski definition) is 5. The quantitative estimate of drug-likeness (QED) is 0.394. The van der Waals surface area contributed by atoms with Gasteiger partial charge in [-0.15, -0.1) is 0 Å². The molecule has 0 aliphatic rings. The number of rotatable bonds is 10. The molecule has 138 valence electrons. The molecule has 0 bridgehead atoms. The standard InChI is InChI=1S/C17H24N2O6/c1-11(18-15(22)4-2-3-5-16(23)24)17(25)19-14-7-12(9-20)6-13(8-14)10-21/h6-8,11,20-21H,2-5,9-10H2,1H3,(H,18,22)(H,19,25)(H,23,24). The summed E-state index contributed by atoms with van der Waals surface area (Å²) in [7, 11) is 0. The molecular formula is C17H24N2O6. The fourth-order valence-electron chi connectivity index (χ4n) is 2.21. The minimum atomic E-state index is -0.902. The maximum absolute atomic E-state index is 12.1. The lowest BCUT2D eigenvalue weighted by Gasteiger charge is -2.15. The molecule has 25 heavy (non-hydrogen) atoms. The van der Waals surface area contributed by atoms with E-state index in [4.69, 9.17) is 5.11 Å². The van der Waals surface area contributed by atoms with Gasteiger partial charge in [-0.1, -0.05) is 6.07 Å². The Morgan fingerprint density at radius 3 is 2.08 bits per heavy atom. The number of nitrogens with one attached hydrogen (secondary N) is 2. The minimum absolute atomic E-state index is 0.0116. The van der Waals surface area contributed by atoms with E-state index >= 15 is 0 Å². The number of aliphatic hydroxyl groups excluding tert-OH is 2. The molecule has 0 saturated carbocycles. The Balaban J connectivity index is 2.51. The molecule has 1 rings (SSSR count). The van der Waals surface area contributed by atoms with Crippen LogP contribution in [0.5, 0.6) is 0 Å². The molecule has 0 aromatic heterocycles. The summed E-state index contributed by atoms with van der Waals surface area (Å²) < 4.78 is 0. The molecule has 8 heteroatoms. The van der Waals surface area contributed by atoms with Gasteiger partial charge >= 0.3 is 5.97 Å². The Labute approximate surface area is 145 Å². The van der Waals surface area contributed by atoms with E-state index in [0.29, 0.717) is 29.7 Å². The lowest BCUT2D eigenvalue weighted by atomic mass is 10.1. The fourth-order valence-corrected chi connectivity index (χ4v) is 2.21. The van der Waals surface area contributed by atoms with E-state index in [9.17, 15) is 24.6 Å². The molecule has 2 amide bonds. The number of aliphatic hydroxyl groups is 2. The Kier molecular flexibility index (Phi) is 8.59. The highest BCUT2D eigenvalue weighted by Crippen LogP contribution is 2.15. The van der Waals surface area contributed by atoms with Crippen LogP contribution in [0.15, 0.2) is 18.2 Å². The highest BCUT2D eigenvalue weighted by molar-refractivity contribution is 5.97. The Bertz CT molecular complexity index is 595. The van der Waals surface area contributed by atoms with Gasteiger partial charge in [-0.2, -0.15) is 0 Å². The first-order valence-electron chi connectivity index (χ1n) is 8.02. The molecule has 0 heterocycles. The van der Waals surface area contributed by atoms with E-state index in [1.807, 2.05) is 0 Å². The van der Waals surface area contributed by atoms with E-state index < -0.39 is 17.9 Å². The van der Waals surface area contributed by atoms with Crippen LogP contribution in [-0.2, 0) is 27.6 Å². The van der Waals surface area contributed by atoms with Gasteiger partial charge in [0.25, 0.3) is 0 Å². The smallest absolute Gasteiger partial charge is 0.303 e. The zero-order chi connectivity index (χ0) is 18.8. The lowest BCUT2D eigenvalue weighted by Crippen LogP contribution is -2.41. The molecule has 1 aromatic carbocycles. The number of aliphatic carboxylic acids is 1. The van der Waals surface area contributed by atoms with Crippen LogP contribution in [0, 0.1) is 0 Å². The van der Waals surface area contributed by atoms with Crippen LogP contribution in [0.25, 0.3) is 0 Å². The SMILES string of the molecule is CC(NC(=O)CCCCC(=O)O)C(=O)Nc1cc(CO)cc(CO)c1. The van der Waals surface area contributed by atoms with Crippen molar-refractivity contribution in [1.82, 2.24) is 5.32 Å². The van der Waals surface area contributed by atoms with Gasteiger partial charge in [0.15, 0.2) is 0 Å². The van der Waals surface area contributed by atoms with Crippen LogP contribution < -0.4 is 10.6 Å². The largest absolute Gasteiger partial charge is 0.481 e. The third kappa shape index (κ3) is 7.77. The van der Waals surface area contributed by atoms with Crippen molar-refractivity contribution >= 4 is 23.5 Å². The molecule has 5 N–H and O–H groups in total. The van der Waals surface area contributed by atoms with E-state index in [0.717, 1.165) is 0 Å². The van der Waals surface area contributed by atoms with Gasteiger partial charge in [-0.25, -0.2) is 0 Å². The zero-order valence-corrected chi connectivity index (χ0v) is 14.1. The maximum atomic E-state index is 12.1. The summed E-state index contributed by atoms with van der Waals surface area (Å²) in [5.41, 5.74) is 1.53. The van der Waals surface area contributed by atoms with Crippen molar-refractivity contribution in [1.29, 1.82) is 0 Å². The van der Waals surface area contributed by atoms with Crippen molar-refractivity contribution in [2.75, 3.05) is 5.32 Å². The summed E-state index contributed by atoms with van der Waals surface area (Å²) in [6.07, 6.45) is 1.00. The first-order chi connectivity index (χ1) is 11.8. The van der Waals surface area contributed by atoms with Crippen molar-refractivity contribution in [2.45, 2.75) is 51.9 Å². The average molecular weight is 352 g/mol. The third-order valence-electron chi connectivity index (χ3n) is 3.50. The van der Waals surface area contributed by atoms with Crippen LogP contribution in [0.3, 0.4) is 0 Å². The second-order valence-corrected chi connectivity index (χ2v) is 5.73. The topological polar surface area (TPSA) is 136 Å². The fraction of sp³-hybridized carbons (Fsp3) is 0.471. The molecule has 1 aromatic rings. The molecule has 8 nitrogen and oxygen atoms in total. The van der Waals surface area contributed by atoms with Crippen LogP contribution >= 0.6 is 0 Å². The van der Waals surface area contributed by atoms with Crippen molar-refractivity contribution in [3.8, 4) is 0 Å². The molecule has 0 spiro atoms. The Hall–Kier alpha value is -2.45. The van der Waals surface area contributed by atoms with Crippen molar-refractivity contribution in [2.24, 2.45) is 0 Å². The van der Waals surface area contributed by atoms with Crippen LogP contribution in [0.1, 0.15) is 43.7 Å². The second kappa shape index (κ2) is 10.4. The number of carboxylic acid groups (broad SMARTS) is 1. The minimum Gasteiger partial charge on any atom is -0.481 e. The van der Waals surface area contributed by atoms with Gasteiger partial charge in [0.1, 0.15) is 6.04 Å². The van der Waals surface area contributed by atoms with E-state index in [1.54, 1.807) is 18.2 Å². The number of carbonyl (C=O) groups is 3. The van der Waals surface area contributed by atoms with Gasteiger partial charge in [0.2, 0.25) is 11.8 Å². The predicted octanol–water partition coefficient (Wildman–Crippen LogP) is 0.759. The molecule has 1 unspecified atom stereocenters. The normalized spacial score (nSPS) is 11.6. The zero-order valence-electron chi connectivity index (χ0n) is 14.1. The molecule has 0 radical (unpaired) electrons. The van der Waals surface area contributed by atoms with E-state index in [2.05, 4.69) is 10.6 Å². The number of amides is 2. The first kappa shape index (κ1) is 20.6. The number of unbranched alkanes of at least 4 members (excludes halogenated alkanes) is 1. The van der Waals surface area contributed by atoms with Gasteiger partial charge in [0.05, 0.1) is 13.2 Å². The molecule has 0 saturated heterocycles. The van der Waals surface area contributed by atoms with Gasteiger partial charge < -0.3 is 26.0 Å². The van der Waals surface area contributed by atoms with E-state index in [-0.39, 0.29) is 32.0 Å². The summed E-state index contributed by atoms with van der Waals surface area (Å²) in [4.78, 5) is 34.3. The third-order valence-corrected chi connectivity index (χ3v) is 3.50. The van der Waals surface area contributed by atoms with Crippen molar-refractivity contribution in [3.63, 3.8) is 0 Å². The maximum Gasteiger partial charge on any atom is 0.303 e. The van der Waals surface area contributed by atoms with Crippen LogP contribution in [-0.4, -0.2) is 39.1 Å². The van der Waals surface area contributed by atoms with Crippen molar-refractivity contribution < 1.29 is 29.7 Å². The molecular weight excluding hydrogens is 328 g/mol. The summed E-state index contributed by atoms with van der Waals surface area (Å²) in [6, 6.07) is 4.01. The first-order valence-corrected chi connectivity index (χ1v) is 8.02. The van der Waals surface area contributed by atoms with Gasteiger partial charge in [0, 0.05) is 18.5 Å².